The van der Waals surface area contributed by atoms with Crippen LogP contribution in [0.3, 0.4) is 0 Å². The van der Waals surface area contributed by atoms with Crippen molar-refractivity contribution in [2.45, 2.75) is 35.4 Å². The number of nitro benzene ring substituents is 1. The summed E-state index contributed by atoms with van der Waals surface area (Å²) in [5, 5.41) is 31.4. The molecule has 2 atom stereocenters. The molecule has 45 heavy (non-hydrogen) atoms. The predicted molar refractivity (Wildman–Crippen MR) is 170 cm³/mol. The number of amides is 2. The van der Waals surface area contributed by atoms with Gasteiger partial charge in [-0.2, -0.15) is 0 Å². The van der Waals surface area contributed by atoms with Crippen molar-refractivity contribution in [3.63, 3.8) is 0 Å². The Morgan fingerprint density at radius 1 is 1.27 bits per heavy atom. The number of esters is 1. The van der Waals surface area contributed by atoms with Crippen LogP contribution in [0.25, 0.3) is 0 Å². The third kappa shape index (κ3) is 7.01. The fourth-order valence-electron chi connectivity index (χ4n) is 4.63. The molecule has 0 aliphatic carbocycles. The van der Waals surface area contributed by atoms with Gasteiger partial charge in [-0.3, -0.25) is 24.6 Å². The maximum Gasteiger partial charge on any atom is 0.355 e. The molecule has 4 N–H and O–H groups in total. The number of rotatable bonds is 11. The molecule has 0 saturated carbocycles. The molecule has 14 nitrogen and oxygen atoms in total. The zero-order chi connectivity index (χ0) is 31.6. The molecule has 2 aliphatic rings. The van der Waals surface area contributed by atoms with Gasteiger partial charge in [-0.05, 0) is 41.8 Å². The van der Waals surface area contributed by atoms with Gasteiger partial charge in [0, 0.05) is 42.5 Å². The number of aryl methyl sites for hydroxylation is 1. The van der Waals surface area contributed by atoms with Crippen LogP contribution in [0.4, 0.5) is 11.4 Å². The van der Waals surface area contributed by atoms with Gasteiger partial charge in [-0.1, -0.05) is 29.2 Å². The van der Waals surface area contributed by atoms with Crippen molar-refractivity contribution in [3.8, 4) is 5.75 Å². The molecule has 1 saturated heterocycles. The Morgan fingerprint density at radius 3 is 2.62 bits per heavy atom. The minimum Gasteiger partial charge on any atom is -0.508 e. The number of carbonyl (C=O) groups is 3. The number of nitrogen functional groups attached to an aromatic ring is 1. The van der Waals surface area contributed by atoms with Gasteiger partial charge in [0.2, 0.25) is 5.91 Å². The number of fused-ring (bicyclic) bond motifs is 1. The van der Waals surface area contributed by atoms with Crippen molar-refractivity contribution in [3.05, 3.63) is 80.0 Å². The van der Waals surface area contributed by atoms with E-state index in [9.17, 15) is 29.6 Å². The van der Waals surface area contributed by atoms with E-state index in [0.29, 0.717) is 32.5 Å². The number of halogens is 1. The molecule has 3 aromatic rings. The van der Waals surface area contributed by atoms with Crippen molar-refractivity contribution in [1.29, 1.82) is 0 Å². The van der Waals surface area contributed by atoms with E-state index in [1.165, 1.54) is 89.3 Å². The molecule has 3 heterocycles. The SMILES string of the molecule is CO[C@@]1(NC(=O)Cc2ccc(O)cc2N)C(=O)N2C(C(=O)OCc3ccc([N+](=O)[O-])cc3)=C(CSc3nnc(C)s3)CS[C@H]21.Cl. The second kappa shape index (κ2) is 14.0. The summed E-state index contributed by atoms with van der Waals surface area (Å²) in [7, 11) is 1.30. The van der Waals surface area contributed by atoms with Gasteiger partial charge >= 0.3 is 5.97 Å². The van der Waals surface area contributed by atoms with Crippen LogP contribution in [-0.2, 0) is 36.9 Å². The van der Waals surface area contributed by atoms with E-state index in [0.717, 1.165) is 5.01 Å². The Kier molecular flexibility index (Phi) is 10.6. The van der Waals surface area contributed by atoms with Crippen LogP contribution < -0.4 is 11.1 Å². The summed E-state index contributed by atoms with van der Waals surface area (Å²) in [6.07, 6.45) is -0.176. The van der Waals surface area contributed by atoms with Crippen molar-refractivity contribution in [1.82, 2.24) is 20.4 Å². The number of aromatic hydroxyl groups is 1. The number of nitrogens with zero attached hydrogens (tertiary/aromatic N) is 4. The van der Waals surface area contributed by atoms with E-state index >= 15 is 0 Å². The Bertz CT molecular complexity index is 1670. The molecule has 18 heteroatoms. The zero-order valence-corrected chi connectivity index (χ0v) is 27.0. The van der Waals surface area contributed by atoms with Gasteiger partial charge in [-0.15, -0.1) is 34.4 Å². The van der Waals surface area contributed by atoms with Crippen molar-refractivity contribution in [2.24, 2.45) is 0 Å². The van der Waals surface area contributed by atoms with Gasteiger partial charge in [0.25, 0.3) is 17.3 Å². The predicted octanol–water partition coefficient (Wildman–Crippen LogP) is 3.17. The molecular weight excluding hydrogens is 668 g/mol. The molecule has 2 aromatic carbocycles. The largest absolute Gasteiger partial charge is 0.508 e. The number of phenols is 1. The highest BCUT2D eigenvalue weighted by atomic mass is 35.5. The number of aromatic nitrogens is 2. The van der Waals surface area contributed by atoms with Gasteiger partial charge in [0.1, 0.15) is 28.4 Å². The average molecular weight is 695 g/mol. The average Bonchev–Trinajstić information content (AvgIpc) is 3.43. The summed E-state index contributed by atoms with van der Waals surface area (Å²) in [5.41, 5.74) is 5.94. The fraction of sp³-hybridized carbons (Fsp3) is 0.296. The maximum absolute atomic E-state index is 13.7. The standard InChI is InChI=1S/C27H26N6O8S3.ClH/c1-14-30-31-26(44-14)43-13-17-12-42-25-27(40-2,29-21(35)9-16-5-8-19(34)10-20(16)28)24(37)32(25)22(17)23(36)41-11-15-3-6-18(7-4-15)33(38)39;/h3-8,10,25,34H,9,11-13,28H2,1-2H3,(H,29,35);1H/t25-,27-;/m0./s1. The number of non-ortho nitro benzene ring substituents is 1. The number of anilines is 1. The third-order valence-electron chi connectivity index (χ3n) is 6.83. The van der Waals surface area contributed by atoms with Gasteiger partial charge in [0.15, 0.2) is 4.34 Å². The number of hydrogen-bond acceptors (Lipinski definition) is 14. The number of nitro groups is 1. The number of nitrogens with one attached hydrogen (secondary N) is 1. The third-order valence-corrected chi connectivity index (χ3v) is 10.3. The highest BCUT2D eigenvalue weighted by Crippen LogP contribution is 2.47. The van der Waals surface area contributed by atoms with E-state index in [1.54, 1.807) is 0 Å². The van der Waals surface area contributed by atoms with Gasteiger partial charge < -0.3 is 25.6 Å². The van der Waals surface area contributed by atoms with Crippen molar-refractivity contribution >= 4 is 76.4 Å². The lowest BCUT2D eigenvalue weighted by Gasteiger charge is -2.56. The Balaban J connectivity index is 0.00000461. The molecule has 238 valence electrons. The first-order valence-electron chi connectivity index (χ1n) is 13.0. The first-order valence-corrected chi connectivity index (χ1v) is 15.8. The second-order valence-electron chi connectivity index (χ2n) is 9.71. The van der Waals surface area contributed by atoms with Crippen LogP contribution in [0, 0.1) is 17.0 Å². The van der Waals surface area contributed by atoms with Crippen LogP contribution in [0.2, 0.25) is 0 Å². The van der Waals surface area contributed by atoms with E-state index in [4.69, 9.17) is 15.2 Å². The molecule has 0 bridgehead atoms. The lowest BCUT2D eigenvalue weighted by Crippen LogP contribution is -2.80. The fourth-order valence-corrected chi connectivity index (χ4v) is 8.02. The number of ether oxygens (including phenoxy) is 2. The van der Waals surface area contributed by atoms with Crippen LogP contribution in [-0.4, -0.2) is 72.6 Å². The van der Waals surface area contributed by atoms with Crippen LogP contribution >= 0.6 is 47.3 Å². The molecular formula is C27H27ClN6O8S3. The number of β-lactam (4-membered cyclic amide) rings is 1. The minimum atomic E-state index is -1.74. The highest BCUT2D eigenvalue weighted by Gasteiger charge is 2.66. The summed E-state index contributed by atoms with van der Waals surface area (Å²) < 4.78 is 11.9. The molecule has 0 spiro atoms. The summed E-state index contributed by atoms with van der Waals surface area (Å²) in [4.78, 5) is 52.1. The lowest BCUT2D eigenvalue weighted by atomic mass is 9.97. The number of thioether (sulfide) groups is 2. The van der Waals surface area contributed by atoms with Crippen molar-refractivity contribution in [2.75, 3.05) is 24.3 Å². The number of hydrogen-bond donors (Lipinski definition) is 3. The molecule has 0 unspecified atom stereocenters. The molecule has 1 fully saturated rings. The maximum atomic E-state index is 13.7. The molecule has 2 aliphatic heterocycles. The Labute approximate surface area is 275 Å². The first-order chi connectivity index (χ1) is 21.0. The summed E-state index contributed by atoms with van der Waals surface area (Å²) >= 11 is 4.09. The number of phenolic OH excluding ortho intramolecular Hbond substituents is 1. The van der Waals surface area contributed by atoms with E-state index < -0.39 is 33.8 Å². The topological polar surface area (TPSA) is 200 Å². The van der Waals surface area contributed by atoms with E-state index in [1.807, 2.05) is 6.92 Å². The number of nitrogens with two attached hydrogens (primary N) is 1. The monoisotopic (exact) mass is 694 g/mol. The number of carbonyl (C=O) groups excluding carboxylic acids is 3. The van der Waals surface area contributed by atoms with Crippen LogP contribution in [0.1, 0.15) is 16.1 Å². The molecule has 2 amide bonds. The number of benzene rings is 2. The van der Waals surface area contributed by atoms with Crippen LogP contribution in [0.15, 0.2) is 58.1 Å². The molecule has 1 aromatic heterocycles. The van der Waals surface area contributed by atoms with Crippen molar-refractivity contribution < 1.29 is 33.9 Å². The molecule has 5 rings (SSSR count). The van der Waals surface area contributed by atoms with Crippen LogP contribution in [0.5, 0.6) is 5.75 Å². The zero-order valence-electron chi connectivity index (χ0n) is 23.8. The quantitative estimate of drug-likeness (QED) is 0.0503. The number of methoxy groups -OCH3 is 1. The highest BCUT2D eigenvalue weighted by molar-refractivity contribution is 8.01. The first kappa shape index (κ1) is 34.0. The normalized spacial score (nSPS) is 18.8. The Morgan fingerprint density at radius 2 is 2.00 bits per heavy atom. The second-order valence-corrected chi connectivity index (χ2v) is 13.2. The molecule has 0 radical (unpaired) electrons. The lowest BCUT2D eigenvalue weighted by molar-refractivity contribution is -0.384. The summed E-state index contributed by atoms with van der Waals surface area (Å²) in [6, 6.07) is 9.82. The smallest absolute Gasteiger partial charge is 0.355 e. The van der Waals surface area contributed by atoms with E-state index in [2.05, 4.69) is 15.5 Å². The summed E-state index contributed by atoms with van der Waals surface area (Å²) in [5.74, 6) is -1.35. The minimum absolute atomic E-state index is 0. The summed E-state index contributed by atoms with van der Waals surface area (Å²) in [6.45, 7) is 1.65. The Hall–Kier alpha value is -3.90. The van der Waals surface area contributed by atoms with Gasteiger partial charge in [0.05, 0.1) is 11.3 Å². The van der Waals surface area contributed by atoms with Gasteiger partial charge in [-0.25, -0.2) is 4.79 Å². The van der Waals surface area contributed by atoms with E-state index in [-0.39, 0.29) is 48.3 Å².